The maximum absolute atomic E-state index is 5.79. The summed E-state index contributed by atoms with van der Waals surface area (Å²) >= 11 is 0. The molecule has 88 valence electrons. The van der Waals surface area contributed by atoms with Crippen molar-refractivity contribution in [1.82, 2.24) is 9.97 Å². The van der Waals surface area contributed by atoms with Crippen LogP contribution in [0.25, 0.3) is 10.9 Å². The van der Waals surface area contributed by atoms with E-state index in [9.17, 15) is 0 Å². The molecule has 1 aromatic carbocycles. The Balaban J connectivity index is 2.19. The van der Waals surface area contributed by atoms with Gasteiger partial charge < -0.3 is 10.6 Å². The normalized spacial score (nSPS) is 15.1. The molecule has 0 atom stereocenters. The molecule has 0 aliphatic heterocycles. The van der Waals surface area contributed by atoms with Gasteiger partial charge in [0.1, 0.15) is 5.82 Å². The van der Waals surface area contributed by atoms with Crippen LogP contribution in [0.2, 0.25) is 0 Å². The summed E-state index contributed by atoms with van der Waals surface area (Å²) < 4.78 is 0. The van der Waals surface area contributed by atoms with Gasteiger partial charge in [-0.1, -0.05) is 12.1 Å². The first kappa shape index (κ1) is 10.3. The summed E-state index contributed by atoms with van der Waals surface area (Å²) in [6, 6.07) is 8.68. The van der Waals surface area contributed by atoms with E-state index in [1.54, 1.807) is 0 Å². The number of fused-ring (bicyclic) bond motifs is 1. The van der Waals surface area contributed by atoms with Crippen molar-refractivity contribution >= 4 is 22.7 Å². The molecule has 1 fully saturated rings. The third kappa shape index (κ3) is 1.79. The van der Waals surface area contributed by atoms with Crippen molar-refractivity contribution in [3.05, 3.63) is 24.3 Å². The van der Waals surface area contributed by atoms with Crippen molar-refractivity contribution in [2.75, 3.05) is 17.2 Å². The SMILES string of the molecule is CCN(c1nc(N)nc2ccccc12)C1CC1. The quantitative estimate of drug-likeness (QED) is 0.875. The smallest absolute Gasteiger partial charge is 0.222 e. The molecule has 0 bridgehead atoms. The fourth-order valence-electron chi connectivity index (χ4n) is 2.26. The average molecular weight is 228 g/mol. The maximum atomic E-state index is 5.79. The Labute approximate surface area is 100 Å². The van der Waals surface area contributed by atoms with Gasteiger partial charge in [-0.2, -0.15) is 4.98 Å². The summed E-state index contributed by atoms with van der Waals surface area (Å²) in [5.41, 5.74) is 6.71. The number of nitrogens with two attached hydrogens (primary N) is 1. The van der Waals surface area contributed by atoms with Gasteiger partial charge in [0.15, 0.2) is 0 Å². The van der Waals surface area contributed by atoms with E-state index in [0.29, 0.717) is 12.0 Å². The fraction of sp³-hybridized carbons (Fsp3) is 0.385. The highest BCUT2D eigenvalue weighted by molar-refractivity contribution is 5.90. The zero-order chi connectivity index (χ0) is 11.8. The Bertz CT molecular complexity index is 548. The number of hydrogen-bond acceptors (Lipinski definition) is 4. The van der Waals surface area contributed by atoms with Gasteiger partial charge >= 0.3 is 0 Å². The molecular formula is C13H16N4. The lowest BCUT2D eigenvalue weighted by Gasteiger charge is -2.23. The minimum Gasteiger partial charge on any atom is -0.368 e. The largest absolute Gasteiger partial charge is 0.368 e. The molecule has 1 aliphatic rings. The number of nitrogen functional groups attached to an aromatic ring is 1. The van der Waals surface area contributed by atoms with Crippen LogP contribution in [0.3, 0.4) is 0 Å². The van der Waals surface area contributed by atoms with Crippen molar-refractivity contribution < 1.29 is 0 Å². The number of aromatic nitrogens is 2. The Morgan fingerprint density at radius 1 is 1.29 bits per heavy atom. The van der Waals surface area contributed by atoms with Crippen LogP contribution in [-0.4, -0.2) is 22.6 Å². The number of nitrogens with zero attached hydrogens (tertiary/aromatic N) is 3. The number of para-hydroxylation sites is 1. The molecule has 0 unspecified atom stereocenters. The summed E-state index contributed by atoms with van der Waals surface area (Å²) in [5, 5.41) is 1.09. The minimum atomic E-state index is 0.359. The van der Waals surface area contributed by atoms with Crippen LogP contribution in [0.1, 0.15) is 19.8 Å². The van der Waals surface area contributed by atoms with Gasteiger partial charge in [-0.05, 0) is 31.9 Å². The lowest BCUT2D eigenvalue weighted by atomic mass is 10.2. The second-order valence-corrected chi connectivity index (χ2v) is 4.44. The first-order valence-corrected chi connectivity index (χ1v) is 6.08. The summed E-state index contributed by atoms with van der Waals surface area (Å²) in [4.78, 5) is 11.0. The Morgan fingerprint density at radius 2 is 2.06 bits per heavy atom. The van der Waals surface area contributed by atoms with Crippen molar-refractivity contribution in [3.63, 3.8) is 0 Å². The molecule has 4 nitrogen and oxygen atoms in total. The molecule has 1 saturated carbocycles. The highest BCUT2D eigenvalue weighted by Gasteiger charge is 2.30. The van der Waals surface area contributed by atoms with Crippen LogP contribution in [0.4, 0.5) is 11.8 Å². The van der Waals surface area contributed by atoms with Gasteiger partial charge in [-0.25, -0.2) is 4.98 Å². The van der Waals surface area contributed by atoms with Gasteiger partial charge in [-0.3, -0.25) is 0 Å². The molecule has 0 amide bonds. The summed E-state index contributed by atoms with van der Waals surface area (Å²) in [6.45, 7) is 3.12. The Morgan fingerprint density at radius 3 is 2.76 bits per heavy atom. The molecule has 1 heterocycles. The third-order valence-electron chi connectivity index (χ3n) is 3.20. The van der Waals surface area contributed by atoms with Crippen LogP contribution < -0.4 is 10.6 Å². The van der Waals surface area contributed by atoms with E-state index in [0.717, 1.165) is 23.3 Å². The van der Waals surface area contributed by atoms with Gasteiger partial charge in [0.25, 0.3) is 0 Å². The second kappa shape index (κ2) is 3.87. The van der Waals surface area contributed by atoms with Crippen LogP contribution in [0.15, 0.2) is 24.3 Å². The van der Waals surface area contributed by atoms with E-state index in [4.69, 9.17) is 5.73 Å². The minimum absolute atomic E-state index is 0.359. The number of benzene rings is 1. The highest BCUT2D eigenvalue weighted by Crippen LogP contribution is 2.34. The molecule has 17 heavy (non-hydrogen) atoms. The zero-order valence-corrected chi connectivity index (χ0v) is 9.93. The topological polar surface area (TPSA) is 55.0 Å². The van der Waals surface area contributed by atoms with Crippen molar-refractivity contribution in [3.8, 4) is 0 Å². The number of hydrogen-bond donors (Lipinski definition) is 1. The van der Waals surface area contributed by atoms with Crippen molar-refractivity contribution in [1.29, 1.82) is 0 Å². The molecular weight excluding hydrogens is 212 g/mol. The molecule has 3 rings (SSSR count). The third-order valence-corrected chi connectivity index (χ3v) is 3.20. The highest BCUT2D eigenvalue weighted by atomic mass is 15.2. The molecule has 1 aromatic heterocycles. The Hall–Kier alpha value is -1.84. The second-order valence-electron chi connectivity index (χ2n) is 4.44. The molecule has 2 N–H and O–H groups in total. The molecule has 2 aromatic rings. The maximum Gasteiger partial charge on any atom is 0.222 e. The molecule has 0 saturated heterocycles. The number of anilines is 2. The summed E-state index contributed by atoms with van der Waals surface area (Å²) in [7, 11) is 0. The van der Waals surface area contributed by atoms with E-state index in [2.05, 4.69) is 27.9 Å². The molecule has 1 aliphatic carbocycles. The van der Waals surface area contributed by atoms with Gasteiger partial charge in [0.2, 0.25) is 5.95 Å². The lowest BCUT2D eigenvalue weighted by Crippen LogP contribution is -2.26. The van der Waals surface area contributed by atoms with E-state index in [1.165, 1.54) is 12.8 Å². The van der Waals surface area contributed by atoms with Crippen LogP contribution in [-0.2, 0) is 0 Å². The Kier molecular flexibility index (Phi) is 2.35. The van der Waals surface area contributed by atoms with Gasteiger partial charge in [0, 0.05) is 18.0 Å². The zero-order valence-electron chi connectivity index (χ0n) is 9.93. The predicted molar refractivity (Wildman–Crippen MR) is 70.0 cm³/mol. The van der Waals surface area contributed by atoms with Crippen molar-refractivity contribution in [2.45, 2.75) is 25.8 Å². The molecule has 0 spiro atoms. The fourth-order valence-corrected chi connectivity index (χ4v) is 2.26. The first-order chi connectivity index (χ1) is 8.29. The van der Waals surface area contributed by atoms with Crippen LogP contribution >= 0.6 is 0 Å². The van der Waals surface area contributed by atoms with E-state index < -0.39 is 0 Å². The first-order valence-electron chi connectivity index (χ1n) is 6.08. The van der Waals surface area contributed by atoms with Crippen LogP contribution in [0.5, 0.6) is 0 Å². The van der Waals surface area contributed by atoms with E-state index in [1.807, 2.05) is 18.2 Å². The summed E-state index contributed by atoms with van der Waals surface area (Å²) in [5.74, 6) is 1.34. The monoisotopic (exact) mass is 228 g/mol. The number of rotatable bonds is 3. The van der Waals surface area contributed by atoms with Crippen LogP contribution in [0, 0.1) is 0 Å². The predicted octanol–water partition coefficient (Wildman–Crippen LogP) is 2.20. The van der Waals surface area contributed by atoms with Gasteiger partial charge in [-0.15, -0.1) is 0 Å². The lowest BCUT2D eigenvalue weighted by molar-refractivity contribution is 0.812. The van der Waals surface area contributed by atoms with Gasteiger partial charge in [0.05, 0.1) is 5.52 Å². The standard InChI is InChI=1S/C13H16N4/c1-2-17(9-7-8-9)12-10-5-3-4-6-11(10)15-13(14)16-12/h3-6,9H,2,7-8H2,1H3,(H2,14,15,16). The molecule has 4 heteroatoms. The summed E-state index contributed by atoms with van der Waals surface area (Å²) in [6.07, 6.45) is 2.51. The average Bonchev–Trinajstić information content (AvgIpc) is 3.14. The van der Waals surface area contributed by atoms with E-state index in [-0.39, 0.29) is 0 Å². The van der Waals surface area contributed by atoms with E-state index >= 15 is 0 Å². The van der Waals surface area contributed by atoms with Crippen molar-refractivity contribution in [2.24, 2.45) is 0 Å². The molecule has 0 radical (unpaired) electrons.